The molecule has 0 radical (unpaired) electrons. The van der Waals surface area contributed by atoms with Crippen LogP contribution in [0.5, 0.6) is 0 Å². The van der Waals surface area contributed by atoms with E-state index >= 15 is 0 Å². The molecule has 17 heavy (non-hydrogen) atoms. The SMILES string of the molecule is N#Cc1ccc(Sc2ccc(Cl)cc2)c(F)c1. The largest absolute Gasteiger partial charge is 0.206 e. The third-order valence-corrected chi connectivity index (χ3v) is 3.41. The molecule has 2 rings (SSSR count). The minimum atomic E-state index is -0.385. The van der Waals surface area contributed by atoms with Crippen LogP contribution in [0.15, 0.2) is 52.3 Å². The molecule has 0 aliphatic heterocycles. The van der Waals surface area contributed by atoms with E-state index in [1.54, 1.807) is 24.3 Å². The Bertz CT molecular complexity index is 575. The molecule has 0 aliphatic rings. The molecule has 0 unspecified atom stereocenters. The van der Waals surface area contributed by atoms with Gasteiger partial charge in [0.25, 0.3) is 0 Å². The number of rotatable bonds is 2. The van der Waals surface area contributed by atoms with Crippen LogP contribution in [0.1, 0.15) is 5.56 Å². The lowest BCUT2D eigenvalue weighted by Crippen LogP contribution is -1.83. The van der Waals surface area contributed by atoms with Gasteiger partial charge in [-0.2, -0.15) is 5.26 Å². The molecule has 2 aromatic rings. The van der Waals surface area contributed by atoms with Gasteiger partial charge in [-0.3, -0.25) is 0 Å². The Kier molecular flexibility index (Phi) is 3.68. The molecule has 0 atom stereocenters. The van der Waals surface area contributed by atoms with Crippen molar-refractivity contribution in [2.75, 3.05) is 0 Å². The zero-order chi connectivity index (χ0) is 12.3. The van der Waals surface area contributed by atoms with E-state index in [1.807, 2.05) is 18.2 Å². The smallest absolute Gasteiger partial charge is 0.138 e. The van der Waals surface area contributed by atoms with E-state index in [-0.39, 0.29) is 5.82 Å². The lowest BCUT2D eigenvalue weighted by Gasteiger charge is -2.03. The molecule has 0 bridgehead atoms. The average molecular weight is 264 g/mol. The van der Waals surface area contributed by atoms with Crippen LogP contribution in [0.25, 0.3) is 0 Å². The lowest BCUT2D eigenvalue weighted by molar-refractivity contribution is 0.601. The van der Waals surface area contributed by atoms with Gasteiger partial charge in [0, 0.05) is 14.8 Å². The van der Waals surface area contributed by atoms with Crippen LogP contribution in [-0.2, 0) is 0 Å². The highest BCUT2D eigenvalue weighted by Gasteiger charge is 2.05. The van der Waals surface area contributed by atoms with Crippen molar-refractivity contribution >= 4 is 23.4 Å². The van der Waals surface area contributed by atoms with E-state index in [2.05, 4.69) is 0 Å². The fourth-order valence-electron chi connectivity index (χ4n) is 1.28. The van der Waals surface area contributed by atoms with Gasteiger partial charge in [0.05, 0.1) is 11.6 Å². The second kappa shape index (κ2) is 5.22. The maximum Gasteiger partial charge on any atom is 0.138 e. The molecule has 1 nitrogen and oxygen atoms in total. The highest BCUT2D eigenvalue weighted by molar-refractivity contribution is 7.99. The highest BCUT2D eigenvalue weighted by Crippen LogP contribution is 2.30. The summed E-state index contributed by atoms with van der Waals surface area (Å²) in [5, 5.41) is 9.28. The van der Waals surface area contributed by atoms with E-state index in [0.717, 1.165) is 4.90 Å². The molecule has 0 N–H and O–H groups in total. The summed E-state index contributed by atoms with van der Waals surface area (Å²) < 4.78 is 13.6. The molecule has 0 saturated carbocycles. The minimum Gasteiger partial charge on any atom is -0.206 e. The van der Waals surface area contributed by atoms with Crippen molar-refractivity contribution < 1.29 is 4.39 Å². The molecule has 0 spiro atoms. The van der Waals surface area contributed by atoms with Crippen molar-refractivity contribution in [3.63, 3.8) is 0 Å². The van der Waals surface area contributed by atoms with Gasteiger partial charge in [0.1, 0.15) is 5.82 Å². The van der Waals surface area contributed by atoms with E-state index in [0.29, 0.717) is 15.5 Å². The number of nitriles is 1. The van der Waals surface area contributed by atoms with Crippen LogP contribution in [-0.4, -0.2) is 0 Å². The summed E-state index contributed by atoms with van der Waals surface area (Å²) in [7, 11) is 0. The monoisotopic (exact) mass is 263 g/mol. The molecule has 0 aliphatic carbocycles. The van der Waals surface area contributed by atoms with Crippen molar-refractivity contribution in [3.8, 4) is 6.07 Å². The van der Waals surface area contributed by atoms with Gasteiger partial charge in [-0.1, -0.05) is 23.4 Å². The van der Waals surface area contributed by atoms with Gasteiger partial charge < -0.3 is 0 Å². The summed E-state index contributed by atoms with van der Waals surface area (Å²) in [6, 6.07) is 13.5. The maximum absolute atomic E-state index is 13.6. The van der Waals surface area contributed by atoms with Crippen molar-refractivity contribution in [2.45, 2.75) is 9.79 Å². The van der Waals surface area contributed by atoms with Crippen molar-refractivity contribution in [1.29, 1.82) is 5.26 Å². The van der Waals surface area contributed by atoms with Gasteiger partial charge in [0.15, 0.2) is 0 Å². The fourth-order valence-corrected chi connectivity index (χ4v) is 2.23. The molecule has 0 heterocycles. The van der Waals surface area contributed by atoms with Gasteiger partial charge in [0.2, 0.25) is 0 Å². The van der Waals surface area contributed by atoms with Crippen LogP contribution in [0.2, 0.25) is 5.02 Å². The molecule has 2 aromatic carbocycles. The normalized spacial score (nSPS) is 9.94. The average Bonchev–Trinajstić information content (AvgIpc) is 2.34. The Morgan fingerprint density at radius 3 is 2.41 bits per heavy atom. The molecule has 0 fully saturated rings. The number of hydrogen-bond acceptors (Lipinski definition) is 2. The third-order valence-electron chi connectivity index (χ3n) is 2.10. The first-order valence-electron chi connectivity index (χ1n) is 4.82. The Labute approximate surface area is 108 Å². The summed E-state index contributed by atoms with van der Waals surface area (Å²) in [4.78, 5) is 1.39. The van der Waals surface area contributed by atoms with E-state index < -0.39 is 0 Å². The molecule has 4 heteroatoms. The van der Waals surface area contributed by atoms with Gasteiger partial charge in [-0.05, 0) is 42.5 Å². The molecule has 0 aromatic heterocycles. The first-order valence-corrected chi connectivity index (χ1v) is 6.01. The summed E-state index contributed by atoms with van der Waals surface area (Å²) in [5.74, 6) is -0.385. The third kappa shape index (κ3) is 3.00. The molecular formula is C13H7ClFNS. The Balaban J connectivity index is 2.25. The molecule has 0 amide bonds. The number of benzene rings is 2. The van der Waals surface area contributed by atoms with Crippen molar-refractivity contribution in [1.82, 2.24) is 0 Å². The Hall–Kier alpha value is -1.50. The van der Waals surface area contributed by atoms with E-state index in [4.69, 9.17) is 16.9 Å². The number of halogens is 2. The maximum atomic E-state index is 13.6. The van der Waals surface area contributed by atoms with Crippen LogP contribution in [0, 0.1) is 17.1 Å². The van der Waals surface area contributed by atoms with Crippen LogP contribution >= 0.6 is 23.4 Å². The summed E-state index contributed by atoms with van der Waals surface area (Å²) >= 11 is 7.07. The van der Waals surface area contributed by atoms with Crippen LogP contribution in [0.3, 0.4) is 0 Å². The predicted molar refractivity (Wildman–Crippen MR) is 66.7 cm³/mol. The zero-order valence-electron chi connectivity index (χ0n) is 8.65. The van der Waals surface area contributed by atoms with Crippen LogP contribution in [0.4, 0.5) is 4.39 Å². The molecule has 0 saturated heterocycles. The van der Waals surface area contributed by atoms with Crippen molar-refractivity contribution in [3.05, 3.63) is 58.9 Å². The predicted octanol–water partition coefficient (Wildman–Crippen LogP) is 4.50. The number of nitrogens with zero attached hydrogens (tertiary/aromatic N) is 1. The standard InChI is InChI=1S/C13H7ClFNS/c14-10-2-4-11(5-3-10)17-13-6-1-9(8-16)7-12(13)15/h1-7H. The van der Waals surface area contributed by atoms with Gasteiger partial charge in [-0.15, -0.1) is 0 Å². The summed E-state index contributed by atoms with van der Waals surface area (Å²) in [5.41, 5.74) is 0.322. The van der Waals surface area contributed by atoms with Crippen LogP contribution < -0.4 is 0 Å². The minimum absolute atomic E-state index is 0.322. The Morgan fingerprint density at radius 1 is 1.12 bits per heavy atom. The highest BCUT2D eigenvalue weighted by atomic mass is 35.5. The Morgan fingerprint density at radius 2 is 1.82 bits per heavy atom. The van der Waals surface area contributed by atoms with E-state index in [9.17, 15) is 4.39 Å². The molecular weight excluding hydrogens is 257 g/mol. The fraction of sp³-hybridized carbons (Fsp3) is 0. The van der Waals surface area contributed by atoms with Gasteiger partial charge >= 0.3 is 0 Å². The quantitative estimate of drug-likeness (QED) is 0.796. The molecule has 84 valence electrons. The number of hydrogen-bond donors (Lipinski definition) is 0. The summed E-state index contributed by atoms with van der Waals surface area (Å²) in [6.45, 7) is 0. The topological polar surface area (TPSA) is 23.8 Å². The van der Waals surface area contributed by atoms with Crippen molar-refractivity contribution in [2.24, 2.45) is 0 Å². The summed E-state index contributed by atoms with van der Waals surface area (Å²) in [6.07, 6.45) is 0. The second-order valence-corrected chi connectivity index (χ2v) is 4.86. The first kappa shape index (κ1) is 12.0. The second-order valence-electron chi connectivity index (χ2n) is 3.31. The van der Waals surface area contributed by atoms with E-state index in [1.165, 1.54) is 17.8 Å². The lowest BCUT2D eigenvalue weighted by atomic mass is 10.2. The first-order chi connectivity index (χ1) is 8.19. The van der Waals surface area contributed by atoms with Gasteiger partial charge in [-0.25, -0.2) is 4.39 Å². The zero-order valence-corrected chi connectivity index (χ0v) is 10.2.